The van der Waals surface area contributed by atoms with Crippen LogP contribution in [0.4, 0.5) is 0 Å². The molecular formula is C16H25BrN2. The number of hydrogen-bond acceptors (Lipinski definition) is 2. The van der Waals surface area contributed by atoms with E-state index < -0.39 is 0 Å². The lowest BCUT2D eigenvalue weighted by Gasteiger charge is -2.35. The Hall–Kier alpha value is -0.380. The lowest BCUT2D eigenvalue weighted by molar-refractivity contribution is 0.174. The molecule has 0 bridgehead atoms. The molecule has 3 heteroatoms. The molecule has 0 amide bonds. The smallest absolute Gasteiger partial charge is 0.0294 e. The van der Waals surface area contributed by atoms with Gasteiger partial charge >= 0.3 is 0 Å². The van der Waals surface area contributed by atoms with Gasteiger partial charge < -0.3 is 10.2 Å². The Morgan fingerprint density at radius 1 is 1.37 bits per heavy atom. The topological polar surface area (TPSA) is 15.3 Å². The van der Waals surface area contributed by atoms with Gasteiger partial charge in [0.1, 0.15) is 0 Å². The summed E-state index contributed by atoms with van der Waals surface area (Å²) in [6.45, 7) is 7.06. The number of benzene rings is 1. The van der Waals surface area contributed by atoms with Gasteiger partial charge in [-0.1, -0.05) is 28.1 Å². The zero-order valence-electron chi connectivity index (χ0n) is 12.2. The monoisotopic (exact) mass is 324 g/mol. The van der Waals surface area contributed by atoms with Crippen LogP contribution in [0.5, 0.6) is 0 Å². The molecule has 1 aromatic carbocycles. The van der Waals surface area contributed by atoms with Crippen LogP contribution in [-0.4, -0.2) is 31.1 Å². The minimum absolute atomic E-state index is 0.403. The summed E-state index contributed by atoms with van der Waals surface area (Å²) in [6, 6.07) is 9.56. The van der Waals surface area contributed by atoms with Crippen LogP contribution in [0.15, 0.2) is 28.7 Å². The molecule has 1 aliphatic rings. The number of piperidine rings is 1. The van der Waals surface area contributed by atoms with Crippen molar-refractivity contribution in [3.63, 3.8) is 0 Å². The van der Waals surface area contributed by atoms with Gasteiger partial charge in [-0.3, -0.25) is 0 Å². The van der Waals surface area contributed by atoms with E-state index in [-0.39, 0.29) is 0 Å². The Labute approximate surface area is 125 Å². The summed E-state index contributed by atoms with van der Waals surface area (Å²) in [5.41, 5.74) is 1.35. The average molecular weight is 325 g/mol. The molecule has 106 valence electrons. The summed E-state index contributed by atoms with van der Waals surface area (Å²) < 4.78 is 1.16. The molecule has 0 spiro atoms. The number of nitrogens with one attached hydrogen (secondary N) is 1. The molecule has 1 heterocycles. The largest absolute Gasteiger partial charge is 0.307 e. The number of hydrogen-bond donors (Lipinski definition) is 1. The SMILES string of the molecule is CC(NC(C)C1CCCN(C)C1)c1cccc(Br)c1. The number of likely N-dealkylation sites (tertiary alicyclic amines) is 1. The highest BCUT2D eigenvalue weighted by Gasteiger charge is 2.23. The highest BCUT2D eigenvalue weighted by atomic mass is 79.9. The molecule has 1 fully saturated rings. The van der Waals surface area contributed by atoms with Crippen molar-refractivity contribution < 1.29 is 0 Å². The summed E-state index contributed by atoms with van der Waals surface area (Å²) >= 11 is 3.55. The van der Waals surface area contributed by atoms with E-state index in [1.807, 2.05) is 0 Å². The summed E-state index contributed by atoms with van der Waals surface area (Å²) in [5.74, 6) is 0.772. The fraction of sp³-hybridized carbons (Fsp3) is 0.625. The quantitative estimate of drug-likeness (QED) is 0.905. The molecule has 0 saturated carbocycles. The summed E-state index contributed by atoms with van der Waals surface area (Å²) in [5, 5.41) is 3.77. The van der Waals surface area contributed by atoms with Crippen molar-refractivity contribution in [2.24, 2.45) is 5.92 Å². The first-order valence-electron chi connectivity index (χ1n) is 7.26. The molecule has 0 aromatic heterocycles. The van der Waals surface area contributed by atoms with Crippen LogP contribution in [0, 0.1) is 5.92 Å². The fourth-order valence-electron chi connectivity index (χ4n) is 3.02. The second-order valence-electron chi connectivity index (χ2n) is 5.90. The average Bonchev–Trinajstić information content (AvgIpc) is 2.38. The van der Waals surface area contributed by atoms with Gasteiger partial charge in [0.15, 0.2) is 0 Å². The van der Waals surface area contributed by atoms with E-state index in [0.717, 1.165) is 10.4 Å². The molecular weight excluding hydrogens is 300 g/mol. The van der Waals surface area contributed by atoms with Crippen molar-refractivity contribution in [3.8, 4) is 0 Å². The van der Waals surface area contributed by atoms with Gasteiger partial charge in [-0.05, 0) is 63.9 Å². The van der Waals surface area contributed by atoms with Gasteiger partial charge in [-0.15, -0.1) is 0 Å². The molecule has 3 unspecified atom stereocenters. The van der Waals surface area contributed by atoms with Crippen LogP contribution in [-0.2, 0) is 0 Å². The Bertz CT molecular complexity index is 407. The third-order valence-corrected chi connectivity index (χ3v) is 4.72. The molecule has 1 aromatic rings. The van der Waals surface area contributed by atoms with Gasteiger partial charge in [0.2, 0.25) is 0 Å². The minimum atomic E-state index is 0.403. The van der Waals surface area contributed by atoms with E-state index in [2.05, 4.69) is 71.3 Å². The highest BCUT2D eigenvalue weighted by molar-refractivity contribution is 9.10. The van der Waals surface area contributed by atoms with Crippen molar-refractivity contribution in [1.82, 2.24) is 10.2 Å². The van der Waals surface area contributed by atoms with E-state index in [4.69, 9.17) is 0 Å². The zero-order valence-corrected chi connectivity index (χ0v) is 13.8. The molecule has 19 heavy (non-hydrogen) atoms. The number of rotatable bonds is 4. The fourth-order valence-corrected chi connectivity index (χ4v) is 3.43. The molecule has 0 radical (unpaired) electrons. The molecule has 1 saturated heterocycles. The van der Waals surface area contributed by atoms with Crippen LogP contribution in [0.2, 0.25) is 0 Å². The maximum Gasteiger partial charge on any atom is 0.0294 e. The van der Waals surface area contributed by atoms with Crippen molar-refractivity contribution in [2.75, 3.05) is 20.1 Å². The number of nitrogens with zero attached hydrogens (tertiary/aromatic N) is 1. The minimum Gasteiger partial charge on any atom is -0.307 e. The third kappa shape index (κ3) is 4.30. The molecule has 2 nitrogen and oxygen atoms in total. The maximum atomic E-state index is 3.77. The highest BCUT2D eigenvalue weighted by Crippen LogP contribution is 2.22. The van der Waals surface area contributed by atoms with Crippen LogP contribution < -0.4 is 5.32 Å². The zero-order chi connectivity index (χ0) is 13.8. The summed E-state index contributed by atoms with van der Waals surface area (Å²) in [7, 11) is 2.23. The Kier molecular flexibility index (Phi) is 5.43. The van der Waals surface area contributed by atoms with Crippen LogP contribution in [0.1, 0.15) is 38.3 Å². The third-order valence-electron chi connectivity index (χ3n) is 4.23. The van der Waals surface area contributed by atoms with Crippen molar-refractivity contribution in [3.05, 3.63) is 34.3 Å². The lowest BCUT2D eigenvalue weighted by atomic mass is 9.91. The molecule has 2 rings (SSSR count). The molecule has 1 N–H and O–H groups in total. The van der Waals surface area contributed by atoms with Gasteiger partial charge in [0.05, 0.1) is 0 Å². The predicted octanol–water partition coefficient (Wildman–Crippen LogP) is 3.83. The standard InChI is InChI=1S/C16H25BrN2/c1-12(14-6-4-8-16(17)10-14)18-13(2)15-7-5-9-19(3)11-15/h4,6,8,10,12-13,15,18H,5,7,9,11H2,1-3H3. The first-order valence-corrected chi connectivity index (χ1v) is 8.05. The van der Waals surface area contributed by atoms with E-state index in [9.17, 15) is 0 Å². The summed E-state index contributed by atoms with van der Waals surface area (Å²) in [4.78, 5) is 2.45. The van der Waals surface area contributed by atoms with Crippen LogP contribution in [0.25, 0.3) is 0 Å². The van der Waals surface area contributed by atoms with Gasteiger partial charge in [-0.25, -0.2) is 0 Å². The van der Waals surface area contributed by atoms with E-state index in [0.29, 0.717) is 12.1 Å². The second kappa shape index (κ2) is 6.87. The van der Waals surface area contributed by atoms with Gasteiger partial charge in [0.25, 0.3) is 0 Å². The maximum absolute atomic E-state index is 3.77. The predicted molar refractivity (Wildman–Crippen MR) is 85.4 cm³/mol. The Morgan fingerprint density at radius 2 is 2.16 bits per heavy atom. The molecule has 1 aliphatic heterocycles. The van der Waals surface area contributed by atoms with Crippen LogP contribution >= 0.6 is 15.9 Å². The van der Waals surface area contributed by atoms with Crippen molar-refractivity contribution in [1.29, 1.82) is 0 Å². The number of halogens is 1. The van der Waals surface area contributed by atoms with E-state index in [1.165, 1.54) is 31.5 Å². The summed E-state index contributed by atoms with van der Waals surface area (Å²) in [6.07, 6.45) is 2.68. The Morgan fingerprint density at radius 3 is 2.84 bits per heavy atom. The van der Waals surface area contributed by atoms with Gasteiger partial charge in [0, 0.05) is 23.1 Å². The van der Waals surface area contributed by atoms with Crippen LogP contribution in [0.3, 0.4) is 0 Å². The first-order chi connectivity index (χ1) is 9.06. The van der Waals surface area contributed by atoms with Crippen molar-refractivity contribution in [2.45, 2.75) is 38.8 Å². The Balaban J connectivity index is 1.92. The van der Waals surface area contributed by atoms with E-state index in [1.54, 1.807) is 0 Å². The van der Waals surface area contributed by atoms with E-state index >= 15 is 0 Å². The first kappa shape index (κ1) is 15.0. The van der Waals surface area contributed by atoms with Gasteiger partial charge in [-0.2, -0.15) is 0 Å². The molecule has 3 atom stereocenters. The van der Waals surface area contributed by atoms with Crippen molar-refractivity contribution >= 4 is 15.9 Å². The lowest BCUT2D eigenvalue weighted by Crippen LogP contribution is -2.43. The molecule has 0 aliphatic carbocycles. The second-order valence-corrected chi connectivity index (χ2v) is 6.81. The normalized spacial score (nSPS) is 24.1.